The van der Waals surface area contributed by atoms with Gasteiger partial charge in [-0.2, -0.15) is 18.3 Å². The number of halogens is 5. The summed E-state index contributed by atoms with van der Waals surface area (Å²) in [5.74, 6) is -3.86. The van der Waals surface area contributed by atoms with Crippen molar-refractivity contribution in [1.29, 1.82) is 0 Å². The van der Waals surface area contributed by atoms with E-state index in [2.05, 4.69) is 14.9 Å². The second-order valence-electron chi connectivity index (χ2n) is 6.66. The van der Waals surface area contributed by atoms with Crippen molar-refractivity contribution in [2.75, 3.05) is 12.0 Å². The maximum Gasteiger partial charge on any atom is 0.416 e. The first-order valence-corrected chi connectivity index (χ1v) is 10.8. The van der Waals surface area contributed by atoms with E-state index in [0.717, 1.165) is 41.7 Å². The molecule has 32 heavy (non-hydrogen) atoms. The van der Waals surface area contributed by atoms with Crippen LogP contribution in [0.1, 0.15) is 21.5 Å². The predicted molar refractivity (Wildman–Crippen MR) is 103 cm³/mol. The lowest BCUT2D eigenvalue weighted by atomic mass is 10.1. The lowest BCUT2D eigenvalue weighted by Crippen LogP contribution is -2.16. The van der Waals surface area contributed by atoms with Gasteiger partial charge in [-0.3, -0.25) is 9.48 Å². The number of nitrogens with one attached hydrogen (secondary N) is 1. The van der Waals surface area contributed by atoms with Gasteiger partial charge in [-0.25, -0.2) is 13.3 Å². The Labute approximate surface area is 178 Å². The van der Waals surface area contributed by atoms with Crippen molar-refractivity contribution in [2.24, 2.45) is 0 Å². The summed E-state index contributed by atoms with van der Waals surface area (Å²) in [6.07, 6.45) is -3.54. The smallest absolute Gasteiger partial charge is 0.416 e. The van der Waals surface area contributed by atoms with Crippen LogP contribution >= 0.6 is 7.60 Å². The van der Waals surface area contributed by atoms with Crippen LogP contribution in [0.4, 0.5) is 27.8 Å². The first-order chi connectivity index (χ1) is 14.8. The van der Waals surface area contributed by atoms with Crippen molar-refractivity contribution < 1.29 is 40.7 Å². The van der Waals surface area contributed by atoms with Gasteiger partial charge in [0.05, 0.1) is 12.1 Å². The second-order valence-corrected chi connectivity index (χ2v) is 8.45. The normalized spacial score (nSPS) is 13.5. The van der Waals surface area contributed by atoms with E-state index in [1.54, 1.807) is 0 Å². The van der Waals surface area contributed by atoms with Crippen LogP contribution in [-0.4, -0.2) is 27.2 Å². The van der Waals surface area contributed by atoms with Crippen molar-refractivity contribution in [2.45, 2.75) is 12.7 Å². The Balaban J connectivity index is 1.82. The van der Waals surface area contributed by atoms with Crippen molar-refractivity contribution in [3.05, 3.63) is 77.0 Å². The molecular formula is C19H15F5N3O4P. The molecule has 1 amide bonds. The zero-order chi connectivity index (χ0) is 23.7. The van der Waals surface area contributed by atoms with Gasteiger partial charge in [0.2, 0.25) is 0 Å². The van der Waals surface area contributed by atoms with E-state index in [-0.39, 0.29) is 17.9 Å². The number of alkyl halides is 3. The molecule has 0 aliphatic carbocycles. The van der Waals surface area contributed by atoms with Crippen molar-refractivity contribution in [3.63, 3.8) is 0 Å². The zero-order valence-corrected chi connectivity index (χ0v) is 17.1. The Hall–Kier alpha value is -3.24. The van der Waals surface area contributed by atoms with Gasteiger partial charge >= 0.3 is 13.8 Å². The largest absolute Gasteiger partial charge is 0.425 e. The molecular weight excluding hydrogens is 460 g/mol. The number of carbonyl (C=O) groups is 1. The zero-order valence-electron chi connectivity index (χ0n) is 16.2. The Morgan fingerprint density at radius 3 is 2.44 bits per heavy atom. The first kappa shape index (κ1) is 23.4. The van der Waals surface area contributed by atoms with Crippen LogP contribution in [0.3, 0.4) is 0 Å². The lowest BCUT2D eigenvalue weighted by molar-refractivity contribution is -0.138. The number of hydrogen-bond donors (Lipinski definition) is 2. The molecule has 2 aromatic carbocycles. The molecule has 0 bridgehead atoms. The van der Waals surface area contributed by atoms with Crippen LogP contribution < -0.4 is 9.84 Å². The Morgan fingerprint density at radius 2 is 1.84 bits per heavy atom. The number of amides is 1. The van der Waals surface area contributed by atoms with Crippen molar-refractivity contribution >= 4 is 19.3 Å². The highest BCUT2D eigenvalue weighted by atomic mass is 31.2. The van der Waals surface area contributed by atoms with Gasteiger partial charge in [0.15, 0.2) is 5.82 Å². The third-order valence-electron chi connectivity index (χ3n) is 4.07. The van der Waals surface area contributed by atoms with Crippen LogP contribution in [0.25, 0.3) is 0 Å². The number of rotatable bonds is 6. The molecule has 0 aliphatic heterocycles. The predicted octanol–water partition coefficient (Wildman–Crippen LogP) is 4.67. The minimum absolute atomic E-state index is 0.140. The maximum atomic E-state index is 13.7. The first-order valence-electron chi connectivity index (χ1n) is 8.82. The highest BCUT2D eigenvalue weighted by molar-refractivity contribution is 7.52. The van der Waals surface area contributed by atoms with Gasteiger partial charge in [-0.05, 0) is 29.8 Å². The molecule has 0 spiro atoms. The lowest BCUT2D eigenvalue weighted by Gasteiger charge is -2.16. The second kappa shape index (κ2) is 8.71. The minimum Gasteiger partial charge on any atom is -0.425 e. The summed E-state index contributed by atoms with van der Waals surface area (Å²) in [6.45, 7) is 0.447. The van der Waals surface area contributed by atoms with E-state index in [4.69, 9.17) is 0 Å². The van der Waals surface area contributed by atoms with E-state index in [9.17, 15) is 36.2 Å². The van der Waals surface area contributed by atoms with E-state index in [1.165, 1.54) is 12.3 Å². The summed E-state index contributed by atoms with van der Waals surface area (Å²) in [5.41, 5.74) is -2.18. The van der Waals surface area contributed by atoms with Crippen LogP contribution in [0.15, 0.2) is 48.7 Å². The number of aromatic nitrogens is 2. The molecule has 1 atom stereocenters. The fourth-order valence-corrected chi connectivity index (χ4v) is 3.30. The molecule has 2 N–H and O–H groups in total. The number of nitrogens with zero attached hydrogens (tertiary/aromatic N) is 2. The highest BCUT2D eigenvalue weighted by Crippen LogP contribution is 2.41. The summed E-state index contributed by atoms with van der Waals surface area (Å²) in [7, 11) is -4.06. The van der Waals surface area contributed by atoms with Crippen LogP contribution in [0.5, 0.6) is 5.75 Å². The van der Waals surface area contributed by atoms with Gasteiger partial charge in [0.25, 0.3) is 5.91 Å². The van der Waals surface area contributed by atoms with E-state index in [1.807, 2.05) is 0 Å². The van der Waals surface area contributed by atoms with E-state index < -0.39 is 48.2 Å². The standard InChI is InChI=1S/C19H15F5N3O4P/c1-32(29,30)31-12-6-5-11(13(9-12)19(22,23)24)10-27-8-7-16(26-27)25-18(28)17-14(20)3-2-4-15(17)21/h2-9H,10H2,1H3,(H,29,30)(H,25,26,28). The minimum atomic E-state index is -4.80. The number of carbonyl (C=O) groups excluding carboxylic acids is 1. The molecule has 3 aromatic rings. The van der Waals surface area contributed by atoms with E-state index in [0.29, 0.717) is 6.07 Å². The summed E-state index contributed by atoms with van der Waals surface area (Å²) in [6, 6.07) is 6.88. The van der Waals surface area contributed by atoms with Crippen molar-refractivity contribution in [1.82, 2.24) is 9.78 Å². The molecule has 0 saturated heterocycles. The van der Waals surface area contributed by atoms with Crippen LogP contribution in [0, 0.1) is 11.6 Å². The fraction of sp³-hybridized carbons (Fsp3) is 0.158. The molecule has 1 aromatic heterocycles. The average molecular weight is 475 g/mol. The number of benzene rings is 2. The average Bonchev–Trinajstić information content (AvgIpc) is 3.07. The molecule has 0 fully saturated rings. The SMILES string of the molecule is CP(=O)(O)Oc1ccc(Cn2ccc(NC(=O)c3c(F)cccc3F)n2)c(C(F)(F)F)c1. The molecule has 0 radical (unpaired) electrons. The van der Waals surface area contributed by atoms with Gasteiger partial charge in [-0.1, -0.05) is 12.1 Å². The number of hydrogen-bond acceptors (Lipinski definition) is 4. The third-order valence-corrected chi connectivity index (χ3v) is 4.62. The summed E-state index contributed by atoms with van der Waals surface area (Å²) in [4.78, 5) is 21.3. The third kappa shape index (κ3) is 5.71. The molecule has 3 rings (SSSR count). The number of anilines is 1. The quantitative estimate of drug-likeness (QED) is 0.399. The fourth-order valence-electron chi connectivity index (χ4n) is 2.79. The molecule has 7 nitrogen and oxygen atoms in total. The summed E-state index contributed by atoms with van der Waals surface area (Å²) < 4.78 is 84.8. The highest BCUT2D eigenvalue weighted by Gasteiger charge is 2.34. The Morgan fingerprint density at radius 1 is 1.19 bits per heavy atom. The van der Waals surface area contributed by atoms with Crippen molar-refractivity contribution in [3.8, 4) is 5.75 Å². The summed E-state index contributed by atoms with van der Waals surface area (Å²) in [5, 5.41) is 6.07. The van der Waals surface area contributed by atoms with Gasteiger partial charge in [-0.15, -0.1) is 0 Å². The molecule has 1 heterocycles. The molecule has 0 aliphatic rings. The van der Waals surface area contributed by atoms with Gasteiger partial charge in [0.1, 0.15) is 22.9 Å². The summed E-state index contributed by atoms with van der Waals surface area (Å²) >= 11 is 0. The molecule has 1 unspecified atom stereocenters. The monoisotopic (exact) mass is 475 g/mol. The Bertz CT molecular complexity index is 1190. The van der Waals surface area contributed by atoms with Crippen LogP contribution in [-0.2, 0) is 17.3 Å². The molecule has 170 valence electrons. The van der Waals surface area contributed by atoms with Gasteiger partial charge < -0.3 is 14.7 Å². The Kier molecular flexibility index (Phi) is 6.38. The molecule has 13 heteroatoms. The van der Waals surface area contributed by atoms with Crippen LogP contribution in [0.2, 0.25) is 0 Å². The van der Waals surface area contributed by atoms with Gasteiger partial charge in [0, 0.05) is 18.9 Å². The maximum absolute atomic E-state index is 13.7. The topological polar surface area (TPSA) is 93.5 Å². The molecule has 0 saturated carbocycles. The van der Waals surface area contributed by atoms with E-state index >= 15 is 0 Å².